The Hall–Kier alpha value is 0.260. The predicted molar refractivity (Wildman–Crippen MR) is 31.1 cm³/mol. The van der Waals surface area contributed by atoms with Gasteiger partial charge in [0.25, 0.3) is 0 Å². The average Bonchev–Trinajstić information content (AvgIpc) is 1.14. The van der Waals surface area contributed by atoms with E-state index in [-0.39, 0.29) is 0 Å². The zero-order valence-corrected chi connectivity index (χ0v) is 6.09. The van der Waals surface area contributed by atoms with Crippen molar-refractivity contribution in [2.75, 3.05) is 0 Å². The second-order valence-electron chi connectivity index (χ2n) is 1.29. The highest BCUT2D eigenvalue weighted by atomic mass is 31.3. The lowest BCUT2D eigenvalue weighted by Gasteiger charge is -2.07. The summed E-state index contributed by atoms with van der Waals surface area (Å²) in [6.45, 7) is 0. The molecule has 0 rings (SSSR count). The van der Waals surface area contributed by atoms with Gasteiger partial charge in [0.1, 0.15) is 0 Å². The zero-order chi connectivity index (χ0) is 7.71. The van der Waals surface area contributed by atoms with Crippen molar-refractivity contribution in [2.24, 2.45) is 16.5 Å². The van der Waals surface area contributed by atoms with Gasteiger partial charge in [0.05, 0.1) is 0 Å². The van der Waals surface area contributed by atoms with E-state index >= 15 is 0 Å². The quantitative estimate of drug-likeness (QED) is 0.397. The van der Waals surface area contributed by atoms with E-state index in [0.717, 1.165) is 0 Å². The van der Waals surface area contributed by atoms with Crippen LogP contribution in [-0.2, 0) is 13.4 Å². The Balaban J connectivity index is 4.07. The van der Waals surface area contributed by atoms with Gasteiger partial charge in [-0.25, -0.2) is 25.4 Å². The van der Waals surface area contributed by atoms with Gasteiger partial charge in [0.15, 0.2) is 0 Å². The van der Waals surface area contributed by atoms with Crippen molar-refractivity contribution in [3.05, 3.63) is 0 Å². The molecule has 7 nitrogen and oxygen atoms in total. The second kappa shape index (κ2) is 2.48. The molecule has 0 aliphatic heterocycles. The van der Waals surface area contributed by atoms with Crippen molar-refractivity contribution in [3.8, 4) is 0 Å². The Morgan fingerprint density at radius 3 is 1.56 bits per heavy atom. The highest BCUT2D eigenvalue weighted by molar-refractivity contribution is 7.65. The first kappa shape index (κ1) is 9.26. The van der Waals surface area contributed by atoms with Gasteiger partial charge in [0, 0.05) is 0 Å². The molecule has 1 unspecified atom stereocenters. The molecule has 0 aliphatic rings. The van der Waals surface area contributed by atoms with Crippen LogP contribution in [0.5, 0.6) is 0 Å². The standard InChI is InChI=1S/H7N3O4P2/c1-8(2,4)7-9(3,5)6/h(H4,1,2,4)(H3,3,5,6). The molecule has 7 N–H and O–H groups in total. The number of rotatable bonds is 2. The lowest BCUT2D eigenvalue weighted by molar-refractivity contribution is 0.377. The highest BCUT2D eigenvalue weighted by Gasteiger charge is 2.22. The molecule has 0 saturated heterocycles. The van der Waals surface area contributed by atoms with Crippen molar-refractivity contribution in [1.82, 2.24) is 0 Å². The van der Waals surface area contributed by atoms with E-state index in [1.807, 2.05) is 0 Å². The predicted octanol–water partition coefficient (Wildman–Crippen LogP) is -0.912. The van der Waals surface area contributed by atoms with Crippen LogP contribution in [0.25, 0.3) is 0 Å². The molecule has 0 heterocycles. The third kappa shape index (κ3) is 8.26. The lowest BCUT2D eigenvalue weighted by atomic mass is 13.9. The fourth-order valence-electron chi connectivity index (χ4n) is 0.183. The van der Waals surface area contributed by atoms with E-state index in [2.05, 4.69) is 20.8 Å². The summed E-state index contributed by atoms with van der Waals surface area (Å²) < 4.78 is 23.8. The van der Waals surface area contributed by atoms with Crippen molar-refractivity contribution in [2.45, 2.75) is 0 Å². The van der Waals surface area contributed by atoms with Crippen LogP contribution in [0.2, 0.25) is 0 Å². The van der Waals surface area contributed by atoms with Gasteiger partial charge in [-0.05, 0) is 0 Å². The number of hydrogen-bond acceptors (Lipinski definition) is 3. The van der Waals surface area contributed by atoms with E-state index in [1.165, 1.54) is 0 Å². The summed E-state index contributed by atoms with van der Waals surface area (Å²) >= 11 is 0. The van der Waals surface area contributed by atoms with Crippen LogP contribution in [0.1, 0.15) is 0 Å². The van der Waals surface area contributed by atoms with E-state index < -0.39 is 15.4 Å². The van der Waals surface area contributed by atoms with Crippen molar-refractivity contribution < 1.29 is 18.3 Å². The smallest absolute Gasteiger partial charge is 0.312 e. The molecule has 0 bridgehead atoms. The first-order chi connectivity index (χ1) is 3.71. The largest absolute Gasteiger partial charge is 0.407 e. The van der Waals surface area contributed by atoms with E-state index in [0.29, 0.717) is 0 Å². The highest BCUT2D eigenvalue weighted by Crippen LogP contribution is 2.46. The molecule has 9 heavy (non-hydrogen) atoms. The zero-order valence-electron chi connectivity index (χ0n) is 4.30. The molecule has 0 spiro atoms. The van der Waals surface area contributed by atoms with Crippen LogP contribution in [0.4, 0.5) is 0 Å². The summed E-state index contributed by atoms with van der Waals surface area (Å²) in [5.74, 6) is 0. The first-order valence-corrected chi connectivity index (χ1v) is 5.11. The minimum absolute atomic E-state index is 3.62. The summed E-state index contributed by atoms with van der Waals surface area (Å²) in [6.07, 6.45) is 0. The van der Waals surface area contributed by atoms with Gasteiger partial charge in [-0.15, -0.1) is 0 Å². The molecule has 0 aromatic rings. The monoisotopic (exact) mass is 175 g/mol. The summed E-state index contributed by atoms with van der Waals surface area (Å²) in [6, 6.07) is 0. The maximum atomic E-state index is 10.2. The second-order valence-corrected chi connectivity index (χ2v) is 4.36. The normalized spacial score (nSPS) is 19.1. The molecule has 1 atom stereocenters. The third-order valence-corrected chi connectivity index (χ3v) is 2.20. The van der Waals surface area contributed by atoms with Crippen LogP contribution in [0.3, 0.4) is 0 Å². The van der Waals surface area contributed by atoms with Crippen LogP contribution in [0, 0.1) is 0 Å². The molecular formula is H7N3O4P2. The minimum Gasteiger partial charge on any atom is -0.312 e. The van der Waals surface area contributed by atoms with E-state index in [1.54, 1.807) is 0 Å². The van der Waals surface area contributed by atoms with E-state index in [4.69, 9.17) is 4.89 Å². The minimum atomic E-state index is -4.30. The van der Waals surface area contributed by atoms with Crippen molar-refractivity contribution >= 4 is 15.4 Å². The van der Waals surface area contributed by atoms with Gasteiger partial charge < -0.3 is 4.89 Å². The van der Waals surface area contributed by atoms with E-state index in [9.17, 15) is 9.13 Å². The summed E-state index contributed by atoms with van der Waals surface area (Å²) in [5, 5.41) is 0. The van der Waals surface area contributed by atoms with Gasteiger partial charge in [0.2, 0.25) is 0 Å². The molecule has 56 valence electrons. The number of nitrogens with two attached hydrogens (primary N) is 3. The molecule has 0 aromatic carbocycles. The van der Waals surface area contributed by atoms with Crippen LogP contribution < -0.4 is 16.5 Å². The summed E-state index contributed by atoms with van der Waals surface area (Å²) in [5.41, 5.74) is 13.4. The third-order valence-electron chi connectivity index (χ3n) is 0.245. The molecule has 0 aliphatic carbocycles. The van der Waals surface area contributed by atoms with Gasteiger partial charge in [-0.1, -0.05) is 0 Å². The maximum Gasteiger partial charge on any atom is 0.407 e. The lowest BCUT2D eigenvalue weighted by Crippen LogP contribution is -2.09. The average molecular weight is 175 g/mol. The van der Waals surface area contributed by atoms with Crippen LogP contribution >= 0.6 is 15.4 Å². The Morgan fingerprint density at radius 1 is 1.22 bits per heavy atom. The SMILES string of the molecule is NP(N)(=O)OP(N)(=O)O. The topological polar surface area (TPSA) is 142 Å². The van der Waals surface area contributed by atoms with Crippen molar-refractivity contribution in [1.29, 1.82) is 0 Å². The van der Waals surface area contributed by atoms with Crippen LogP contribution in [0.15, 0.2) is 0 Å². The molecular weight excluding hydrogens is 168 g/mol. The molecule has 0 aromatic heterocycles. The Kier molecular flexibility index (Phi) is 2.55. The Bertz CT molecular complexity index is 154. The molecule has 0 amide bonds. The fraction of sp³-hybridized carbons (Fsp3) is 0. The summed E-state index contributed by atoms with van der Waals surface area (Å²) in [7, 11) is -8.23. The van der Waals surface area contributed by atoms with Crippen molar-refractivity contribution in [3.63, 3.8) is 0 Å². The molecule has 0 fully saturated rings. The van der Waals surface area contributed by atoms with Gasteiger partial charge in [-0.3, -0.25) is 4.57 Å². The first-order valence-electron chi connectivity index (χ1n) is 1.70. The summed E-state index contributed by atoms with van der Waals surface area (Å²) in [4.78, 5) is 8.13. The maximum absolute atomic E-state index is 10.2. The molecule has 9 heteroatoms. The Labute approximate surface area is 51.3 Å². The Morgan fingerprint density at radius 2 is 1.56 bits per heavy atom. The fourth-order valence-corrected chi connectivity index (χ4v) is 1.65. The van der Waals surface area contributed by atoms with Gasteiger partial charge in [-0.2, -0.15) is 0 Å². The van der Waals surface area contributed by atoms with Gasteiger partial charge >= 0.3 is 15.4 Å². The van der Waals surface area contributed by atoms with Crippen LogP contribution in [-0.4, -0.2) is 4.89 Å². The number of hydrogen-bond donors (Lipinski definition) is 4. The molecule has 0 saturated carbocycles. The molecule has 0 radical (unpaired) electrons.